The zero-order valence-corrected chi connectivity index (χ0v) is 19.1. The Labute approximate surface area is 187 Å². The van der Waals surface area contributed by atoms with Gasteiger partial charge in [-0.1, -0.05) is 41.9 Å². The standard InChI is InChI=1S/C22H21ClN2O4S2/c1-16-20(23)10-5-11-22(16)30(26,27)24-18-13-12-17-7-6-14-25(21(17)15-18)31(28,29)19-8-3-2-4-9-19/h2-5,8-13,15,24H,6-7,14H2,1H3. The lowest BCUT2D eigenvalue weighted by Crippen LogP contribution is -2.35. The predicted molar refractivity (Wildman–Crippen MR) is 123 cm³/mol. The van der Waals surface area contributed by atoms with Crippen molar-refractivity contribution < 1.29 is 16.8 Å². The lowest BCUT2D eigenvalue weighted by molar-refractivity contribution is 0.586. The van der Waals surface area contributed by atoms with Crippen LogP contribution in [0.4, 0.5) is 11.4 Å². The summed E-state index contributed by atoms with van der Waals surface area (Å²) in [6.07, 6.45) is 1.41. The summed E-state index contributed by atoms with van der Waals surface area (Å²) in [6.45, 7) is 1.96. The number of halogens is 1. The third kappa shape index (κ3) is 4.15. The van der Waals surface area contributed by atoms with Gasteiger partial charge in [0, 0.05) is 11.6 Å². The van der Waals surface area contributed by atoms with Gasteiger partial charge in [0.25, 0.3) is 20.0 Å². The molecule has 0 fully saturated rings. The zero-order chi connectivity index (χ0) is 22.2. The summed E-state index contributed by atoms with van der Waals surface area (Å²) in [5, 5.41) is 0.355. The van der Waals surface area contributed by atoms with Crippen LogP contribution in [0.1, 0.15) is 17.5 Å². The van der Waals surface area contributed by atoms with E-state index in [-0.39, 0.29) is 15.5 Å². The van der Waals surface area contributed by atoms with Gasteiger partial charge < -0.3 is 0 Å². The van der Waals surface area contributed by atoms with Gasteiger partial charge in [-0.25, -0.2) is 16.8 Å². The van der Waals surface area contributed by atoms with Gasteiger partial charge in [-0.15, -0.1) is 0 Å². The Kier molecular flexibility index (Phi) is 5.72. The van der Waals surface area contributed by atoms with Crippen molar-refractivity contribution in [2.24, 2.45) is 0 Å². The van der Waals surface area contributed by atoms with Gasteiger partial charge in [-0.3, -0.25) is 9.03 Å². The van der Waals surface area contributed by atoms with Crippen LogP contribution in [0.2, 0.25) is 5.02 Å². The molecule has 1 aliphatic heterocycles. The topological polar surface area (TPSA) is 83.6 Å². The number of nitrogens with one attached hydrogen (secondary N) is 1. The highest BCUT2D eigenvalue weighted by Crippen LogP contribution is 2.35. The van der Waals surface area contributed by atoms with Crippen LogP contribution in [0.3, 0.4) is 0 Å². The van der Waals surface area contributed by atoms with E-state index in [9.17, 15) is 16.8 Å². The number of hydrogen-bond donors (Lipinski definition) is 1. The molecule has 4 rings (SSSR count). The molecule has 9 heteroatoms. The first-order valence-corrected chi connectivity index (χ1v) is 13.0. The van der Waals surface area contributed by atoms with E-state index in [1.165, 1.54) is 10.4 Å². The molecule has 0 aliphatic carbocycles. The fourth-order valence-corrected chi connectivity index (χ4v) is 6.77. The van der Waals surface area contributed by atoms with Gasteiger partial charge in [0.15, 0.2) is 0 Å². The van der Waals surface area contributed by atoms with Crippen LogP contribution in [0, 0.1) is 6.92 Å². The van der Waals surface area contributed by atoms with Gasteiger partial charge in [0.2, 0.25) is 0 Å². The van der Waals surface area contributed by atoms with Crippen LogP contribution in [-0.4, -0.2) is 23.4 Å². The van der Waals surface area contributed by atoms with Crippen molar-refractivity contribution in [1.29, 1.82) is 0 Å². The smallest absolute Gasteiger partial charge is 0.264 e. The van der Waals surface area contributed by atoms with Crippen molar-refractivity contribution in [3.05, 3.63) is 82.9 Å². The molecule has 0 atom stereocenters. The molecule has 1 N–H and O–H groups in total. The highest BCUT2D eigenvalue weighted by Gasteiger charge is 2.29. The quantitative estimate of drug-likeness (QED) is 0.583. The van der Waals surface area contributed by atoms with Crippen LogP contribution < -0.4 is 9.03 Å². The van der Waals surface area contributed by atoms with Crippen LogP contribution in [-0.2, 0) is 26.5 Å². The molecule has 0 amide bonds. The van der Waals surface area contributed by atoms with E-state index < -0.39 is 20.0 Å². The number of aryl methyl sites for hydroxylation is 1. The normalized spacial score (nSPS) is 14.2. The van der Waals surface area contributed by atoms with Crippen LogP contribution in [0.25, 0.3) is 0 Å². The van der Waals surface area contributed by atoms with E-state index in [1.807, 2.05) is 0 Å². The molecule has 1 aliphatic rings. The van der Waals surface area contributed by atoms with E-state index >= 15 is 0 Å². The maximum Gasteiger partial charge on any atom is 0.264 e. The molecule has 162 valence electrons. The summed E-state index contributed by atoms with van der Waals surface area (Å²) in [6, 6.07) is 17.9. The predicted octanol–water partition coefficient (Wildman–Crippen LogP) is 4.59. The van der Waals surface area contributed by atoms with E-state index in [0.29, 0.717) is 29.2 Å². The van der Waals surface area contributed by atoms with Gasteiger partial charge in [-0.2, -0.15) is 0 Å². The van der Waals surface area contributed by atoms with Crippen molar-refractivity contribution in [3.63, 3.8) is 0 Å². The largest absolute Gasteiger partial charge is 0.280 e. The van der Waals surface area contributed by atoms with Crippen molar-refractivity contribution in [2.75, 3.05) is 15.6 Å². The fourth-order valence-electron chi connectivity index (χ4n) is 3.66. The highest BCUT2D eigenvalue weighted by atomic mass is 35.5. The summed E-state index contributed by atoms with van der Waals surface area (Å²) >= 11 is 6.08. The monoisotopic (exact) mass is 476 g/mol. The number of nitrogens with zero attached hydrogens (tertiary/aromatic N) is 1. The summed E-state index contributed by atoms with van der Waals surface area (Å²) < 4.78 is 56.2. The van der Waals surface area contributed by atoms with Crippen LogP contribution >= 0.6 is 11.6 Å². The second-order valence-corrected chi connectivity index (χ2v) is 11.2. The Bertz CT molecular complexity index is 1340. The number of benzene rings is 3. The third-order valence-corrected chi connectivity index (χ3v) is 9.01. The fraction of sp³-hybridized carbons (Fsp3) is 0.182. The minimum absolute atomic E-state index is 0.0754. The number of rotatable bonds is 5. The Balaban J connectivity index is 1.73. The molecule has 0 spiro atoms. The molecule has 31 heavy (non-hydrogen) atoms. The molecular formula is C22H21ClN2O4S2. The van der Waals surface area contributed by atoms with Gasteiger partial charge >= 0.3 is 0 Å². The Morgan fingerprint density at radius 2 is 1.68 bits per heavy atom. The van der Waals surface area contributed by atoms with E-state index in [1.54, 1.807) is 67.6 Å². The lowest BCUT2D eigenvalue weighted by atomic mass is 10.0. The van der Waals surface area contributed by atoms with Gasteiger partial charge in [0.05, 0.1) is 21.2 Å². The number of sulfonamides is 2. The SMILES string of the molecule is Cc1c(Cl)cccc1S(=O)(=O)Nc1ccc2c(c1)N(S(=O)(=O)c1ccccc1)CCC2. The van der Waals surface area contributed by atoms with E-state index in [0.717, 1.165) is 12.0 Å². The first kappa shape index (κ1) is 21.7. The molecular weight excluding hydrogens is 456 g/mol. The molecule has 0 radical (unpaired) electrons. The Morgan fingerprint density at radius 3 is 2.42 bits per heavy atom. The first-order valence-electron chi connectivity index (χ1n) is 9.69. The van der Waals surface area contributed by atoms with Gasteiger partial charge in [0.1, 0.15) is 0 Å². The second kappa shape index (κ2) is 8.18. The Hall–Kier alpha value is -2.55. The molecule has 1 heterocycles. The van der Waals surface area contributed by atoms with Crippen LogP contribution in [0.15, 0.2) is 76.5 Å². The summed E-state index contributed by atoms with van der Waals surface area (Å²) in [4.78, 5) is 0.273. The lowest BCUT2D eigenvalue weighted by Gasteiger charge is -2.31. The molecule has 0 saturated heterocycles. The average molecular weight is 477 g/mol. The van der Waals surface area contributed by atoms with E-state index in [4.69, 9.17) is 11.6 Å². The van der Waals surface area contributed by atoms with E-state index in [2.05, 4.69) is 4.72 Å². The van der Waals surface area contributed by atoms with Crippen molar-refractivity contribution in [2.45, 2.75) is 29.6 Å². The van der Waals surface area contributed by atoms with Crippen molar-refractivity contribution >= 4 is 43.0 Å². The second-order valence-electron chi connectivity index (χ2n) is 7.31. The van der Waals surface area contributed by atoms with Gasteiger partial charge in [-0.05, 0) is 67.3 Å². The molecule has 6 nitrogen and oxygen atoms in total. The first-order chi connectivity index (χ1) is 14.7. The van der Waals surface area contributed by atoms with Crippen LogP contribution in [0.5, 0.6) is 0 Å². The molecule has 3 aromatic carbocycles. The maximum atomic E-state index is 13.2. The summed E-state index contributed by atoms with van der Waals surface area (Å²) in [5.41, 5.74) is 2.07. The number of anilines is 2. The summed E-state index contributed by atoms with van der Waals surface area (Å²) in [7, 11) is -7.66. The summed E-state index contributed by atoms with van der Waals surface area (Å²) in [5.74, 6) is 0. The minimum Gasteiger partial charge on any atom is -0.280 e. The Morgan fingerprint density at radius 1 is 0.935 bits per heavy atom. The third-order valence-electron chi connectivity index (χ3n) is 5.25. The zero-order valence-electron chi connectivity index (χ0n) is 16.7. The molecule has 0 bridgehead atoms. The molecule has 3 aromatic rings. The molecule has 0 aromatic heterocycles. The number of hydrogen-bond acceptors (Lipinski definition) is 4. The average Bonchev–Trinajstić information content (AvgIpc) is 2.75. The highest BCUT2D eigenvalue weighted by molar-refractivity contribution is 7.93. The van der Waals surface area contributed by atoms with Crippen molar-refractivity contribution in [3.8, 4) is 0 Å². The van der Waals surface area contributed by atoms with Crippen molar-refractivity contribution in [1.82, 2.24) is 0 Å². The molecule has 0 unspecified atom stereocenters. The molecule has 0 saturated carbocycles. The number of fused-ring (bicyclic) bond motifs is 1. The maximum absolute atomic E-state index is 13.2. The minimum atomic E-state index is -3.90.